The zero-order chi connectivity index (χ0) is 14.2. The number of carbonyl (C=O) groups is 2. The van der Waals surface area contributed by atoms with Gasteiger partial charge >= 0.3 is 0 Å². The molecule has 0 saturated heterocycles. The van der Waals surface area contributed by atoms with Gasteiger partial charge in [0.2, 0.25) is 0 Å². The summed E-state index contributed by atoms with van der Waals surface area (Å²) in [6, 6.07) is 18.0. The van der Waals surface area contributed by atoms with Crippen molar-refractivity contribution < 1.29 is 9.59 Å². The fourth-order valence-electron chi connectivity index (χ4n) is 1.41. The smallest absolute Gasteiger partial charge is 0.275 e. The van der Waals surface area contributed by atoms with E-state index in [0.717, 1.165) is 0 Å². The van der Waals surface area contributed by atoms with Gasteiger partial charge in [-0.2, -0.15) is 0 Å². The van der Waals surface area contributed by atoms with Gasteiger partial charge in [-0.1, -0.05) is 48.2 Å². The van der Waals surface area contributed by atoms with E-state index >= 15 is 0 Å². The summed E-state index contributed by atoms with van der Waals surface area (Å²) < 4.78 is 0. The first-order valence-electron chi connectivity index (χ1n) is 5.98. The topological polar surface area (TPSA) is 34.1 Å². The number of carbonyl (C=O) groups excluding carboxylic acids is 2. The molecule has 2 aromatic carbocycles. The molecule has 0 aromatic heterocycles. The Bertz CT molecular complexity index is 668. The molecule has 0 atom stereocenters. The number of rotatable bonds is 1. The van der Waals surface area contributed by atoms with Crippen LogP contribution in [-0.4, -0.2) is 11.6 Å². The van der Waals surface area contributed by atoms with Crippen molar-refractivity contribution >= 4 is 11.6 Å². The summed E-state index contributed by atoms with van der Waals surface area (Å²) in [5, 5.41) is 0. The molecule has 0 aliphatic carbocycles. The van der Waals surface area contributed by atoms with Crippen molar-refractivity contribution in [2.24, 2.45) is 0 Å². The van der Waals surface area contributed by atoms with Crippen molar-refractivity contribution in [2.75, 3.05) is 0 Å². The third-order valence-electron chi connectivity index (χ3n) is 2.39. The molecule has 0 spiro atoms. The van der Waals surface area contributed by atoms with Crippen molar-refractivity contribution in [3.05, 3.63) is 71.8 Å². The molecule has 0 heterocycles. The zero-order valence-electron chi connectivity index (χ0n) is 10.6. The molecule has 0 amide bonds. The monoisotopic (exact) mass is 258 g/mol. The normalized spacial score (nSPS) is 8.60. The molecule has 0 aliphatic rings. The third kappa shape index (κ3) is 3.98. The Morgan fingerprint density at radius 1 is 0.600 bits per heavy atom. The SMILES string of the molecule is O=C(C#Cc1ccccc1)C(=O)C#Cc1ccccc1. The Kier molecular flexibility index (Phi) is 4.49. The maximum Gasteiger partial charge on any atom is 0.285 e. The summed E-state index contributed by atoms with van der Waals surface area (Å²) in [5.41, 5.74) is 1.37. The van der Waals surface area contributed by atoms with Crippen molar-refractivity contribution in [2.45, 2.75) is 0 Å². The molecule has 0 N–H and O–H groups in total. The van der Waals surface area contributed by atoms with Crippen LogP contribution in [0.15, 0.2) is 60.7 Å². The lowest BCUT2D eigenvalue weighted by Crippen LogP contribution is -2.08. The minimum absolute atomic E-state index is 0.685. The number of benzene rings is 2. The second-order valence-corrected chi connectivity index (χ2v) is 3.89. The van der Waals surface area contributed by atoms with Gasteiger partial charge < -0.3 is 0 Å². The van der Waals surface area contributed by atoms with Crippen LogP contribution in [0.5, 0.6) is 0 Å². The van der Waals surface area contributed by atoms with E-state index in [1.165, 1.54) is 0 Å². The molecular formula is C18H10O2. The fraction of sp³-hybridized carbons (Fsp3) is 0. The summed E-state index contributed by atoms with van der Waals surface area (Å²) in [6.07, 6.45) is 0. The lowest BCUT2D eigenvalue weighted by atomic mass is 10.2. The van der Waals surface area contributed by atoms with Crippen molar-refractivity contribution in [3.63, 3.8) is 0 Å². The first-order chi connectivity index (χ1) is 9.75. The highest BCUT2D eigenvalue weighted by atomic mass is 16.2. The number of hydrogen-bond donors (Lipinski definition) is 0. The quantitative estimate of drug-likeness (QED) is 0.580. The van der Waals surface area contributed by atoms with Crippen LogP contribution in [0.1, 0.15) is 11.1 Å². The first-order valence-corrected chi connectivity index (χ1v) is 5.98. The summed E-state index contributed by atoms with van der Waals surface area (Å²) in [4.78, 5) is 23.0. The van der Waals surface area contributed by atoms with Crippen LogP contribution >= 0.6 is 0 Å². The maximum absolute atomic E-state index is 11.5. The zero-order valence-corrected chi connectivity index (χ0v) is 10.6. The molecule has 0 fully saturated rings. The highest BCUT2D eigenvalue weighted by Crippen LogP contribution is 1.96. The highest BCUT2D eigenvalue weighted by molar-refractivity contribution is 6.49. The lowest BCUT2D eigenvalue weighted by molar-refractivity contribution is -0.129. The summed E-state index contributed by atoms with van der Waals surface area (Å²) in [6.45, 7) is 0. The Hall–Kier alpha value is -3.10. The Morgan fingerprint density at radius 2 is 0.950 bits per heavy atom. The van der Waals surface area contributed by atoms with Crippen LogP contribution in [-0.2, 0) is 9.59 Å². The van der Waals surface area contributed by atoms with Gasteiger partial charge in [0.05, 0.1) is 0 Å². The maximum atomic E-state index is 11.5. The predicted octanol–water partition coefficient (Wildman–Crippen LogP) is 2.23. The summed E-state index contributed by atoms with van der Waals surface area (Å²) >= 11 is 0. The predicted molar refractivity (Wildman–Crippen MR) is 76.7 cm³/mol. The summed E-state index contributed by atoms with van der Waals surface area (Å²) in [7, 11) is 0. The molecular weight excluding hydrogens is 248 g/mol. The van der Waals surface area contributed by atoms with E-state index in [1.807, 2.05) is 36.4 Å². The molecule has 0 radical (unpaired) electrons. The van der Waals surface area contributed by atoms with E-state index in [4.69, 9.17) is 0 Å². The van der Waals surface area contributed by atoms with Gasteiger partial charge in [0, 0.05) is 11.1 Å². The minimum atomic E-state index is -0.794. The van der Waals surface area contributed by atoms with Gasteiger partial charge in [0.25, 0.3) is 11.6 Å². The number of ketones is 2. The second-order valence-electron chi connectivity index (χ2n) is 3.89. The van der Waals surface area contributed by atoms with Crippen LogP contribution in [0.2, 0.25) is 0 Å². The standard InChI is InChI=1S/C18H10O2/c19-17(13-11-15-7-3-1-4-8-15)18(20)14-12-16-9-5-2-6-10-16/h1-10H. The van der Waals surface area contributed by atoms with E-state index in [0.29, 0.717) is 11.1 Å². The average Bonchev–Trinajstić information content (AvgIpc) is 2.52. The van der Waals surface area contributed by atoms with E-state index < -0.39 is 11.6 Å². The molecule has 0 unspecified atom stereocenters. The van der Waals surface area contributed by atoms with E-state index in [-0.39, 0.29) is 0 Å². The van der Waals surface area contributed by atoms with Gasteiger partial charge in [-0.05, 0) is 36.1 Å². The molecule has 0 saturated carbocycles. The Labute approximate surface area is 117 Å². The van der Waals surface area contributed by atoms with Gasteiger partial charge in [-0.25, -0.2) is 0 Å². The molecule has 0 bridgehead atoms. The third-order valence-corrected chi connectivity index (χ3v) is 2.39. The van der Waals surface area contributed by atoms with Gasteiger partial charge in [0.15, 0.2) is 0 Å². The molecule has 94 valence electrons. The summed E-state index contributed by atoms with van der Waals surface area (Å²) in [5.74, 6) is 8.27. The molecule has 0 aliphatic heterocycles. The lowest BCUT2D eigenvalue weighted by Gasteiger charge is -1.86. The van der Waals surface area contributed by atoms with E-state index in [2.05, 4.69) is 23.7 Å². The Balaban J connectivity index is 2.06. The van der Waals surface area contributed by atoms with Crippen LogP contribution in [0, 0.1) is 23.7 Å². The average molecular weight is 258 g/mol. The number of hydrogen-bond acceptors (Lipinski definition) is 2. The van der Waals surface area contributed by atoms with Crippen LogP contribution in [0.25, 0.3) is 0 Å². The van der Waals surface area contributed by atoms with Crippen molar-refractivity contribution in [1.82, 2.24) is 0 Å². The van der Waals surface area contributed by atoms with Crippen molar-refractivity contribution in [1.29, 1.82) is 0 Å². The van der Waals surface area contributed by atoms with Crippen LogP contribution in [0.4, 0.5) is 0 Å². The molecule has 2 aromatic rings. The highest BCUT2D eigenvalue weighted by Gasteiger charge is 2.06. The van der Waals surface area contributed by atoms with E-state index in [9.17, 15) is 9.59 Å². The molecule has 20 heavy (non-hydrogen) atoms. The molecule has 2 rings (SSSR count). The minimum Gasteiger partial charge on any atom is -0.275 e. The molecule has 2 heteroatoms. The Morgan fingerprint density at radius 3 is 1.30 bits per heavy atom. The first kappa shape index (κ1) is 13.3. The fourth-order valence-corrected chi connectivity index (χ4v) is 1.41. The van der Waals surface area contributed by atoms with Gasteiger partial charge in [0.1, 0.15) is 0 Å². The second kappa shape index (κ2) is 6.73. The van der Waals surface area contributed by atoms with Gasteiger partial charge in [-0.3, -0.25) is 9.59 Å². The van der Waals surface area contributed by atoms with Crippen molar-refractivity contribution in [3.8, 4) is 23.7 Å². The van der Waals surface area contributed by atoms with Crippen LogP contribution in [0.3, 0.4) is 0 Å². The van der Waals surface area contributed by atoms with Gasteiger partial charge in [-0.15, -0.1) is 0 Å². The largest absolute Gasteiger partial charge is 0.285 e. The van der Waals surface area contributed by atoms with Crippen LogP contribution < -0.4 is 0 Å². The number of Topliss-reactive ketones (excluding diaryl/α,β-unsaturated/α-hetero) is 2. The van der Waals surface area contributed by atoms with E-state index in [1.54, 1.807) is 24.3 Å². The molecule has 2 nitrogen and oxygen atoms in total.